The minimum Gasteiger partial charge on any atom is -0.363 e. The van der Waals surface area contributed by atoms with Crippen LogP contribution in [0.25, 0.3) is 0 Å². The predicted molar refractivity (Wildman–Crippen MR) is 66.5 cm³/mol. The number of carbonyl (C=O) groups is 2. The van der Waals surface area contributed by atoms with Gasteiger partial charge in [-0.2, -0.15) is 4.89 Å². The average Bonchev–Trinajstić information content (AvgIpc) is 2.65. The lowest BCUT2D eigenvalue weighted by Crippen LogP contribution is -2.42. The van der Waals surface area contributed by atoms with Crippen LogP contribution in [0.4, 0.5) is 0 Å². The number of hydrogen-bond donors (Lipinski definition) is 1. The molecule has 1 aliphatic heterocycles. The molecule has 3 unspecified atom stereocenters. The zero-order valence-corrected chi connectivity index (χ0v) is 11.2. The number of ketones is 2. The molecule has 0 aromatic heterocycles. The van der Waals surface area contributed by atoms with Gasteiger partial charge in [-0.1, -0.05) is 11.6 Å². The number of rotatable bonds is 3. The van der Waals surface area contributed by atoms with Gasteiger partial charge in [0.15, 0.2) is 11.9 Å². The molecule has 5 nitrogen and oxygen atoms in total. The third-order valence-electron chi connectivity index (χ3n) is 3.03. The summed E-state index contributed by atoms with van der Waals surface area (Å²) in [4.78, 5) is 33.3. The highest BCUT2D eigenvalue weighted by Crippen LogP contribution is 2.34. The van der Waals surface area contributed by atoms with Crippen molar-refractivity contribution in [2.45, 2.75) is 25.7 Å². The first kappa shape index (κ1) is 14.1. The van der Waals surface area contributed by atoms with Crippen LogP contribution >= 0.6 is 11.6 Å². The summed E-state index contributed by atoms with van der Waals surface area (Å²) in [5.41, 5.74) is 0.335. The van der Waals surface area contributed by atoms with E-state index in [2.05, 4.69) is 4.89 Å². The minimum atomic E-state index is -1.81. The normalized spacial score (nSPS) is 30.3. The number of aliphatic hydroxyl groups is 1. The van der Waals surface area contributed by atoms with E-state index in [9.17, 15) is 14.7 Å². The summed E-state index contributed by atoms with van der Waals surface area (Å²) in [6.07, 6.45) is -1.16. The average molecular weight is 285 g/mol. The van der Waals surface area contributed by atoms with E-state index >= 15 is 0 Å². The highest BCUT2D eigenvalue weighted by Gasteiger charge is 2.53. The Bertz CT molecular complexity index is 508. The summed E-state index contributed by atoms with van der Waals surface area (Å²) in [7, 11) is 0. The molecule has 0 bridgehead atoms. The molecule has 1 saturated heterocycles. The van der Waals surface area contributed by atoms with E-state index in [1.165, 1.54) is 26.0 Å². The van der Waals surface area contributed by atoms with Crippen molar-refractivity contribution in [3.8, 4) is 0 Å². The van der Waals surface area contributed by atoms with Gasteiger partial charge in [-0.05, 0) is 38.1 Å². The van der Waals surface area contributed by atoms with Gasteiger partial charge in [-0.25, -0.2) is 4.89 Å². The molecule has 0 amide bonds. The number of Topliss-reactive ketones (excluding diaryl/α,β-unsaturated/α-hetero) is 2. The van der Waals surface area contributed by atoms with E-state index in [0.717, 1.165) is 0 Å². The van der Waals surface area contributed by atoms with Crippen molar-refractivity contribution in [3.05, 3.63) is 34.9 Å². The summed E-state index contributed by atoms with van der Waals surface area (Å²) in [6, 6.07) is 6.17. The fourth-order valence-corrected chi connectivity index (χ4v) is 2.23. The largest absolute Gasteiger partial charge is 0.363 e. The maximum atomic E-state index is 12.2. The van der Waals surface area contributed by atoms with Crippen LogP contribution in [0.1, 0.15) is 24.2 Å². The van der Waals surface area contributed by atoms with Crippen LogP contribution in [0.15, 0.2) is 24.3 Å². The fourth-order valence-electron chi connectivity index (χ4n) is 2.10. The van der Waals surface area contributed by atoms with Gasteiger partial charge in [0.2, 0.25) is 5.79 Å². The highest BCUT2D eigenvalue weighted by molar-refractivity contribution is 6.30. The van der Waals surface area contributed by atoms with Crippen molar-refractivity contribution >= 4 is 23.2 Å². The maximum Gasteiger partial charge on any atom is 0.209 e. The van der Waals surface area contributed by atoms with E-state index in [1.807, 2.05) is 0 Å². The number of halogens is 1. The number of benzene rings is 1. The topological polar surface area (TPSA) is 72.8 Å². The molecule has 6 heteroatoms. The summed E-state index contributed by atoms with van der Waals surface area (Å²) >= 11 is 5.74. The van der Waals surface area contributed by atoms with Crippen LogP contribution in [0, 0.1) is 5.92 Å². The summed E-state index contributed by atoms with van der Waals surface area (Å²) in [6.45, 7) is 2.56. The second-order valence-electron chi connectivity index (χ2n) is 4.61. The van der Waals surface area contributed by atoms with Crippen LogP contribution in [-0.4, -0.2) is 28.6 Å². The van der Waals surface area contributed by atoms with Crippen LogP contribution in [0.3, 0.4) is 0 Å². The lowest BCUT2D eigenvalue weighted by Gasteiger charge is -2.20. The SMILES string of the molecule is CC(=O)C1C(C(=O)c2ccc(Cl)cc2)OOC1(C)O. The standard InChI is InChI=1S/C13H13ClO5/c1-7(15)10-12(18-19-13(10,2)17)11(16)8-3-5-9(14)6-4-8/h3-6,10,12,17H,1-2H3. The summed E-state index contributed by atoms with van der Waals surface area (Å²) in [5, 5.41) is 10.4. The minimum absolute atomic E-state index is 0.335. The molecule has 0 saturated carbocycles. The third-order valence-corrected chi connectivity index (χ3v) is 3.28. The molecule has 0 radical (unpaired) electrons. The number of carbonyl (C=O) groups excluding carboxylic acids is 2. The number of hydrogen-bond acceptors (Lipinski definition) is 5. The van der Waals surface area contributed by atoms with Gasteiger partial charge in [-0.15, -0.1) is 0 Å². The van der Waals surface area contributed by atoms with Gasteiger partial charge in [0.05, 0.1) is 0 Å². The fraction of sp³-hybridized carbons (Fsp3) is 0.385. The Kier molecular flexibility index (Phi) is 3.73. The quantitative estimate of drug-likeness (QED) is 0.676. The zero-order valence-electron chi connectivity index (χ0n) is 10.4. The van der Waals surface area contributed by atoms with Gasteiger partial charge in [-0.3, -0.25) is 9.59 Å². The summed E-state index contributed by atoms with van der Waals surface area (Å²) in [5.74, 6) is -3.68. The Morgan fingerprint density at radius 3 is 2.42 bits per heavy atom. The molecule has 19 heavy (non-hydrogen) atoms. The van der Waals surface area contributed by atoms with Crippen molar-refractivity contribution in [1.29, 1.82) is 0 Å². The first-order valence-electron chi connectivity index (χ1n) is 5.70. The second kappa shape index (κ2) is 5.02. The van der Waals surface area contributed by atoms with Crippen LogP contribution in [-0.2, 0) is 14.6 Å². The molecule has 1 aliphatic rings. The first-order chi connectivity index (χ1) is 8.83. The molecule has 0 aliphatic carbocycles. The zero-order chi connectivity index (χ0) is 14.2. The Labute approximate surface area is 115 Å². The van der Waals surface area contributed by atoms with Crippen molar-refractivity contribution in [1.82, 2.24) is 0 Å². The van der Waals surface area contributed by atoms with Gasteiger partial charge < -0.3 is 5.11 Å². The van der Waals surface area contributed by atoms with Gasteiger partial charge >= 0.3 is 0 Å². The molecular formula is C13H13ClO5. The molecule has 102 valence electrons. The Morgan fingerprint density at radius 1 is 1.32 bits per heavy atom. The van der Waals surface area contributed by atoms with Gasteiger partial charge in [0, 0.05) is 10.6 Å². The van der Waals surface area contributed by atoms with E-state index in [0.29, 0.717) is 10.6 Å². The molecule has 1 fully saturated rings. The lowest BCUT2D eigenvalue weighted by molar-refractivity contribution is -0.369. The van der Waals surface area contributed by atoms with Crippen molar-refractivity contribution < 1.29 is 24.5 Å². The van der Waals surface area contributed by atoms with Crippen molar-refractivity contribution in [2.75, 3.05) is 0 Å². The first-order valence-corrected chi connectivity index (χ1v) is 6.08. The van der Waals surface area contributed by atoms with Crippen molar-refractivity contribution in [2.24, 2.45) is 5.92 Å². The second-order valence-corrected chi connectivity index (χ2v) is 5.05. The maximum absolute atomic E-state index is 12.2. The molecule has 1 aromatic rings. The molecule has 0 spiro atoms. The van der Waals surface area contributed by atoms with E-state index in [4.69, 9.17) is 16.5 Å². The van der Waals surface area contributed by atoms with Crippen LogP contribution in [0.2, 0.25) is 5.02 Å². The van der Waals surface area contributed by atoms with E-state index < -0.39 is 23.6 Å². The highest BCUT2D eigenvalue weighted by atomic mass is 35.5. The molecule has 2 rings (SSSR count). The monoisotopic (exact) mass is 284 g/mol. The third kappa shape index (κ3) is 2.69. The Hall–Kier alpha value is -1.27. The molecule has 1 aromatic carbocycles. The lowest BCUT2D eigenvalue weighted by atomic mass is 9.87. The molecule has 1 heterocycles. The molecule has 3 atom stereocenters. The predicted octanol–water partition coefficient (Wildman–Crippen LogP) is 1.77. The molecule has 1 N–H and O–H groups in total. The summed E-state index contributed by atoms with van der Waals surface area (Å²) < 4.78 is 0. The smallest absolute Gasteiger partial charge is 0.209 e. The van der Waals surface area contributed by atoms with E-state index in [-0.39, 0.29) is 5.78 Å². The van der Waals surface area contributed by atoms with Crippen LogP contribution < -0.4 is 0 Å². The molecular weight excluding hydrogens is 272 g/mol. The van der Waals surface area contributed by atoms with Gasteiger partial charge in [0.1, 0.15) is 11.7 Å². The van der Waals surface area contributed by atoms with Gasteiger partial charge in [0.25, 0.3) is 0 Å². The van der Waals surface area contributed by atoms with E-state index in [1.54, 1.807) is 12.1 Å². The van der Waals surface area contributed by atoms with Crippen LogP contribution in [0.5, 0.6) is 0 Å². The van der Waals surface area contributed by atoms with Crippen molar-refractivity contribution in [3.63, 3.8) is 0 Å². The Morgan fingerprint density at radius 2 is 1.89 bits per heavy atom. The Balaban J connectivity index is 2.28.